The third kappa shape index (κ3) is 4.74. The van der Waals surface area contributed by atoms with Crippen molar-refractivity contribution in [3.63, 3.8) is 0 Å². The first-order chi connectivity index (χ1) is 14.8. The molecule has 8 nitrogen and oxygen atoms in total. The van der Waals surface area contributed by atoms with Crippen LogP contribution in [0, 0.1) is 0 Å². The van der Waals surface area contributed by atoms with E-state index in [1.807, 2.05) is 6.07 Å². The molecule has 0 spiro atoms. The molecule has 31 heavy (non-hydrogen) atoms. The van der Waals surface area contributed by atoms with Crippen LogP contribution in [0.25, 0.3) is 22.3 Å². The van der Waals surface area contributed by atoms with E-state index in [-0.39, 0.29) is 18.1 Å². The average Bonchev–Trinajstić information content (AvgIpc) is 2.77. The second-order valence-electron chi connectivity index (χ2n) is 8.65. The standard InChI is InChI=1S/C23H27N5O3/c1-23(2,3)16-6-4-15(5-7-16)18-12-19-20(26-9-8-25-19)21(27-18)31-14-17-13-28(22(24)29)10-11-30-17/h4-9,12,17H,10-11,13-14H2,1-3H3,(H2,24,29)/t17-/m0/s1. The Morgan fingerprint density at radius 1 is 1.23 bits per heavy atom. The number of hydrogen-bond acceptors (Lipinski definition) is 6. The maximum atomic E-state index is 11.5. The van der Waals surface area contributed by atoms with Gasteiger partial charge in [-0.2, -0.15) is 0 Å². The fourth-order valence-corrected chi connectivity index (χ4v) is 3.53. The number of morpholine rings is 1. The number of urea groups is 1. The molecule has 1 saturated heterocycles. The van der Waals surface area contributed by atoms with Gasteiger partial charge in [-0.05, 0) is 17.0 Å². The summed E-state index contributed by atoms with van der Waals surface area (Å²) in [5, 5.41) is 0. The highest BCUT2D eigenvalue weighted by Gasteiger charge is 2.24. The Morgan fingerprint density at radius 3 is 2.68 bits per heavy atom. The van der Waals surface area contributed by atoms with E-state index in [0.29, 0.717) is 36.6 Å². The molecule has 0 radical (unpaired) electrons. The summed E-state index contributed by atoms with van der Waals surface area (Å²) in [4.78, 5) is 26.6. The van der Waals surface area contributed by atoms with E-state index in [1.54, 1.807) is 17.3 Å². The number of benzene rings is 1. The fourth-order valence-electron chi connectivity index (χ4n) is 3.53. The second-order valence-corrected chi connectivity index (χ2v) is 8.65. The first-order valence-corrected chi connectivity index (χ1v) is 10.3. The van der Waals surface area contributed by atoms with Crippen molar-refractivity contribution in [3.8, 4) is 17.1 Å². The van der Waals surface area contributed by atoms with Gasteiger partial charge in [0.2, 0.25) is 5.88 Å². The molecule has 0 saturated carbocycles. The molecule has 2 aromatic heterocycles. The number of hydrogen-bond donors (Lipinski definition) is 1. The molecule has 1 aliphatic rings. The molecule has 0 bridgehead atoms. The Labute approximate surface area is 181 Å². The predicted octanol–water partition coefficient (Wildman–Crippen LogP) is 3.15. The molecular formula is C23H27N5O3. The van der Waals surface area contributed by atoms with Crippen molar-refractivity contribution in [1.29, 1.82) is 0 Å². The number of rotatable bonds is 4. The van der Waals surface area contributed by atoms with Gasteiger partial charge >= 0.3 is 6.03 Å². The van der Waals surface area contributed by atoms with Crippen LogP contribution in [-0.2, 0) is 10.2 Å². The van der Waals surface area contributed by atoms with E-state index in [1.165, 1.54) is 5.56 Å². The fraction of sp³-hybridized carbons (Fsp3) is 0.391. The van der Waals surface area contributed by atoms with Crippen LogP contribution in [-0.4, -0.2) is 58.3 Å². The summed E-state index contributed by atoms with van der Waals surface area (Å²) in [7, 11) is 0. The molecule has 2 N–H and O–H groups in total. The number of carbonyl (C=O) groups excluding carboxylic acids is 1. The van der Waals surface area contributed by atoms with Crippen molar-refractivity contribution in [2.24, 2.45) is 5.73 Å². The lowest BCUT2D eigenvalue weighted by Crippen LogP contribution is -2.49. The molecule has 0 unspecified atom stereocenters. The molecule has 1 fully saturated rings. The zero-order valence-corrected chi connectivity index (χ0v) is 18.0. The van der Waals surface area contributed by atoms with Crippen LogP contribution in [0.5, 0.6) is 5.88 Å². The van der Waals surface area contributed by atoms with Gasteiger partial charge in [0.1, 0.15) is 12.7 Å². The third-order valence-electron chi connectivity index (χ3n) is 5.33. The number of aromatic nitrogens is 3. The minimum Gasteiger partial charge on any atom is -0.473 e. The van der Waals surface area contributed by atoms with Gasteiger partial charge < -0.3 is 20.1 Å². The molecule has 4 rings (SSSR count). The maximum Gasteiger partial charge on any atom is 0.314 e. The van der Waals surface area contributed by atoms with Gasteiger partial charge in [0.25, 0.3) is 0 Å². The van der Waals surface area contributed by atoms with Gasteiger partial charge in [-0.15, -0.1) is 0 Å². The summed E-state index contributed by atoms with van der Waals surface area (Å²) in [6, 6.07) is 9.81. The SMILES string of the molecule is CC(C)(C)c1ccc(-c2cc3nccnc3c(OC[C@@H]3CN(C(N)=O)CCO3)n2)cc1. The van der Waals surface area contributed by atoms with Gasteiger partial charge in [-0.1, -0.05) is 45.0 Å². The molecule has 162 valence electrons. The Hall–Kier alpha value is -3.26. The summed E-state index contributed by atoms with van der Waals surface area (Å²) in [5.74, 6) is 0.389. The topological polar surface area (TPSA) is 103 Å². The highest BCUT2D eigenvalue weighted by Crippen LogP contribution is 2.29. The van der Waals surface area contributed by atoms with E-state index in [2.05, 4.69) is 55.0 Å². The Kier molecular flexibility index (Phi) is 5.73. The number of nitrogens with zero attached hydrogens (tertiary/aromatic N) is 4. The largest absolute Gasteiger partial charge is 0.473 e. The number of pyridine rings is 1. The predicted molar refractivity (Wildman–Crippen MR) is 118 cm³/mol. The van der Waals surface area contributed by atoms with E-state index in [0.717, 1.165) is 11.3 Å². The minimum absolute atomic E-state index is 0.0773. The zero-order valence-electron chi connectivity index (χ0n) is 18.0. The molecule has 2 amide bonds. The van der Waals surface area contributed by atoms with Crippen LogP contribution in [0.15, 0.2) is 42.7 Å². The van der Waals surface area contributed by atoms with Crippen molar-refractivity contribution in [2.75, 3.05) is 26.3 Å². The summed E-state index contributed by atoms with van der Waals surface area (Å²) < 4.78 is 11.7. The Balaban J connectivity index is 1.60. The van der Waals surface area contributed by atoms with Crippen LogP contribution in [0.2, 0.25) is 0 Å². The molecular weight excluding hydrogens is 394 g/mol. The number of primary amides is 1. The molecule has 0 aliphatic carbocycles. The van der Waals surface area contributed by atoms with Crippen molar-refractivity contribution >= 4 is 17.1 Å². The molecule has 3 aromatic rings. The molecule has 1 aliphatic heterocycles. The van der Waals surface area contributed by atoms with Crippen molar-refractivity contribution in [2.45, 2.75) is 32.3 Å². The number of ether oxygens (including phenoxy) is 2. The summed E-state index contributed by atoms with van der Waals surface area (Å²) in [6.07, 6.45) is 2.97. The van der Waals surface area contributed by atoms with Crippen LogP contribution < -0.4 is 10.5 Å². The smallest absolute Gasteiger partial charge is 0.314 e. The van der Waals surface area contributed by atoms with Crippen molar-refractivity contribution < 1.29 is 14.3 Å². The quantitative estimate of drug-likeness (QED) is 0.694. The number of amides is 2. The number of carbonyl (C=O) groups is 1. The Bertz CT molecular complexity index is 1080. The first kappa shape index (κ1) is 21.0. The lowest BCUT2D eigenvalue weighted by atomic mass is 9.86. The first-order valence-electron chi connectivity index (χ1n) is 10.3. The van der Waals surface area contributed by atoms with Gasteiger partial charge in [0, 0.05) is 24.5 Å². The normalized spacial score (nSPS) is 17.0. The second kappa shape index (κ2) is 8.47. The monoisotopic (exact) mass is 421 g/mol. The Morgan fingerprint density at radius 2 is 1.97 bits per heavy atom. The summed E-state index contributed by atoms with van der Waals surface area (Å²) >= 11 is 0. The van der Waals surface area contributed by atoms with E-state index in [4.69, 9.17) is 20.2 Å². The molecule has 8 heteroatoms. The van der Waals surface area contributed by atoms with E-state index in [9.17, 15) is 4.79 Å². The van der Waals surface area contributed by atoms with Crippen molar-refractivity contribution in [1.82, 2.24) is 19.9 Å². The highest BCUT2D eigenvalue weighted by atomic mass is 16.5. The summed E-state index contributed by atoms with van der Waals surface area (Å²) in [6.45, 7) is 8.07. The van der Waals surface area contributed by atoms with Gasteiger partial charge in [0.15, 0.2) is 5.52 Å². The van der Waals surface area contributed by atoms with Gasteiger partial charge in [-0.3, -0.25) is 4.98 Å². The maximum absolute atomic E-state index is 11.5. The number of nitrogens with two attached hydrogens (primary N) is 1. The van der Waals surface area contributed by atoms with Crippen LogP contribution in [0.4, 0.5) is 4.79 Å². The molecule has 3 heterocycles. The van der Waals surface area contributed by atoms with Gasteiger partial charge in [-0.25, -0.2) is 14.8 Å². The zero-order chi connectivity index (χ0) is 22.0. The number of fused-ring (bicyclic) bond motifs is 1. The third-order valence-corrected chi connectivity index (χ3v) is 5.33. The average molecular weight is 422 g/mol. The highest BCUT2D eigenvalue weighted by molar-refractivity contribution is 5.83. The van der Waals surface area contributed by atoms with Crippen LogP contribution in [0.1, 0.15) is 26.3 Å². The lowest BCUT2D eigenvalue weighted by Gasteiger charge is -2.31. The lowest BCUT2D eigenvalue weighted by molar-refractivity contribution is -0.0346. The summed E-state index contributed by atoms with van der Waals surface area (Å²) in [5.41, 5.74) is 9.73. The molecule has 1 aromatic carbocycles. The van der Waals surface area contributed by atoms with E-state index < -0.39 is 6.03 Å². The molecule has 1 atom stereocenters. The van der Waals surface area contributed by atoms with Crippen LogP contribution >= 0.6 is 0 Å². The minimum atomic E-state index is -0.455. The van der Waals surface area contributed by atoms with Crippen LogP contribution in [0.3, 0.4) is 0 Å². The van der Waals surface area contributed by atoms with Gasteiger partial charge in [0.05, 0.1) is 24.4 Å². The van der Waals surface area contributed by atoms with E-state index >= 15 is 0 Å². The van der Waals surface area contributed by atoms with Crippen molar-refractivity contribution in [3.05, 3.63) is 48.3 Å².